The second-order valence-electron chi connectivity index (χ2n) is 6.41. The Hall–Kier alpha value is -3.09. The van der Waals surface area contributed by atoms with Crippen LogP contribution in [0.15, 0.2) is 28.7 Å². The normalized spacial score (nSPS) is 10.4. The topological polar surface area (TPSA) is 88.9 Å². The van der Waals surface area contributed by atoms with Gasteiger partial charge in [-0.3, -0.25) is 9.59 Å². The maximum Gasteiger partial charge on any atom is 0.341 e. The molecule has 0 unspecified atom stereocenters. The number of ether oxygens (including phenoxy) is 1. The van der Waals surface area contributed by atoms with Crippen molar-refractivity contribution in [3.05, 3.63) is 58.0 Å². The number of methoxy groups -OCH3 is 1. The maximum absolute atomic E-state index is 12.3. The van der Waals surface area contributed by atoms with Crippen LogP contribution in [0.3, 0.4) is 0 Å². The molecule has 2 rings (SSSR count). The van der Waals surface area contributed by atoms with Gasteiger partial charge in [-0.05, 0) is 50.1 Å². The van der Waals surface area contributed by atoms with Crippen LogP contribution < -0.4 is 5.32 Å². The van der Waals surface area contributed by atoms with Crippen molar-refractivity contribution in [2.45, 2.75) is 27.3 Å². The third-order valence-electron chi connectivity index (χ3n) is 4.36. The van der Waals surface area contributed by atoms with Crippen molar-refractivity contribution in [2.75, 3.05) is 20.7 Å². The Labute approximate surface area is 158 Å². The van der Waals surface area contributed by atoms with E-state index in [0.29, 0.717) is 22.6 Å². The van der Waals surface area contributed by atoms with E-state index in [2.05, 4.69) is 10.1 Å². The number of carbonyl (C=O) groups excluding carboxylic acids is 3. The fraction of sp³-hybridized carbons (Fsp3) is 0.350. The molecular formula is C20H24N2O5. The molecule has 0 saturated heterocycles. The summed E-state index contributed by atoms with van der Waals surface area (Å²) in [6, 6.07) is 6.94. The summed E-state index contributed by atoms with van der Waals surface area (Å²) in [5, 5.41) is 2.62. The molecule has 1 heterocycles. The van der Waals surface area contributed by atoms with Gasteiger partial charge in [0.25, 0.3) is 5.91 Å². The summed E-state index contributed by atoms with van der Waals surface area (Å²) in [5.41, 5.74) is 2.96. The van der Waals surface area contributed by atoms with Crippen molar-refractivity contribution in [1.29, 1.82) is 0 Å². The number of esters is 1. The maximum atomic E-state index is 12.3. The van der Waals surface area contributed by atoms with Crippen LogP contribution in [0.25, 0.3) is 0 Å². The van der Waals surface area contributed by atoms with E-state index in [1.54, 1.807) is 32.2 Å². The van der Waals surface area contributed by atoms with Crippen LogP contribution >= 0.6 is 0 Å². The lowest BCUT2D eigenvalue weighted by atomic mass is 10.1. The van der Waals surface area contributed by atoms with E-state index in [1.165, 1.54) is 12.0 Å². The summed E-state index contributed by atoms with van der Waals surface area (Å²) in [6.07, 6.45) is 0. The van der Waals surface area contributed by atoms with E-state index in [0.717, 1.165) is 11.1 Å². The van der Waals surface area contributed by atoms with Gasteiger partial charge < -0.3 is 19.4 Å². The lowest BCUT2D eigenvalue weighted by Crippen LogP contribution is -2.37. The Kier molecular flexibility index (Phi) is 6.39. The Bertz CT molecular complexity index is 869. The molecule has 2 amide bonds. The molecule has 0 aliphatic heterocycles. The van der Waals surface area contributed by atoms with Crippen LogP contribution in [0.5, 0.6) is 0 Å². The number of likely N-dealkylation sites (N-methyl/N-ethyl adjacent to an activating group) is 1. The first-order chi connectivity index (χ1) is 12.7. The summed E-state index contributed by atoms with van der Waals surface area (Å²) in [7, 11) is 2.89. The highest BCUT2D eigenvalue weighted by molar-refractivity contribution is 5.96. The highest BCUT2D eigenvalue weighted by atomic mass is 16.5. The molecule has 2 aromatic rings. The zero-order valence-corrected chi connectivity index (χ0v) is 16.2. The summed E-state index contributed by atoms with van der Waals surface area (Å²) >= 11 is 0. The number of aryl methyl sites for hydroxylation is 3. The van der Waals surface area contributed by atoms with Crippen molar-refractivity contribution < 1.29 is 23.5 Å². The minimum Gasteiger partial charge on any atom is -0.465 e. The monoisotopic (exact) mass is 372 g/mol. The van der Waals surface area contributed by atoms with Crippen LogP contribution in [0.1, 0.15) is 43.4 Å². The predicted molar refractivity (Wildman–Crippen MR) is 99.5 cm³/mol. The van der Waals surface area contributed by atoms with Crippen LogP contribution in [0, 0.1) is 20.8 Å². The van der Waals surface area contributed by atoms with Crippen molar-refractivity contribution in [3.8, 4) is 0 Å². The minimum absolute atomic E-state index is 0.133. The Balaban J connectivity index is 1.93. The molecule has 0 saturated carbocycles. The average molecular weight is 372 g/mol. The van der Waals surface area contributed by atoms with Crippen LogP contribution in [-0.4, -0.2) is 43.4 Å². The molecule has 0 aliphatic carbocycles. The number of furan rings is 1. The van der Waals surface area contributed by atoms with Crippen molar-refractivity contribution in [2.24, 2.45) is 0 Å². The first-order valence-electron chi connectivity index (χ1n) is 8.50. The van der Waals surface area contributed by atoms with Gasteiger partial charge in [0.1, 0.15) is 17.1 Å². The zero-order chi connectivity index (χ0) is 20.1. The van der Waals surface area contributed by atoms with Crippen LogP contribution in [0.2, 0.25) is 0 Å². The summed E-state index contributed by atoms with van der Waals surface area (Å²) < 4.78 is 10.2. The number of benzene rings is 1. The molecule has 7 heteroatoms. The quantitative estimate of drug-likeness (QED) is 0.787. The summed E-state index contributed by atoms with van der Waals surface area (Å²) in [6.45, 7) is 5.60. The first kappa shape index (κ1) is 20.2. The molecule has 144 valence electrons. The molecular weight excluding hydrogens is 348 g/mol. The molecule has 0 bridgehead atoms. The van der Waals surface area contributed by atoms with Gasteiger partial charge in [-0.25, -0.2) is 4.79 Å². The number of carbonyl (C=O) groups is 3. The van der Waals surface area contributed by atoms with Gasteiger partial charge >= 0.3 is 5.97 Å². The fourth-order valence-electron chi connectivity index (χ4n) is 2.53. The van der Waals surface area contributed by atoms with E-state index in [-0.39, 0.29) is 24.9 Å². The third kappa shape index (κ3) is 4.97. The number of amides is 2. The Morgan fingerprint density at radius 1 is 1.11 bits per heavy atom. The molecule has 27 heavy (non-hydrogen) atoms. The van der Waals surface area contributed by atoms with Crippen LogP contribution in [0.4, 0.5) is 0 Å². The standard InChI is InChI=1S/C20H24N2O5/c1-12-6-7-15(8-13(12)2)19(24)21-10-18(23)22(4)11-16-9-17(14(3)27-16)20(25)26-5/h6-9H,10-11H2,1-5H3,(H,21,24). The Morgan fingerprint density at radius 3 is 2.44 bits per heavy atom. The van der Waals surface area contributed by atoms with E-state index in [9.17, 15) is 14.4 Å². The highest BCUT2D eigenvalue weighted by Crippen LogP contribution is 2.17. The fourth-order valence-corrected chi connectivity index (χ4v) is 2.53. The lowest BCUT2D eigenvalue weighted by Gasteiger charge is -2.16. The van der Waals surface area contributed by atoms with Crippen molar-refractivity contribution in [1.82, 2.24) is 10.2 Å². The molecule has 1 aromatic heterocycles. The number of hydrogen-bond donors (Lipinski definition) is 1. The molecule has 0 spiro atoms. The average Bonchev–Trinajstić information content (AvgIpc) is 3.00. The molecule has 1 N–H and O–H groups in total. The van der Waals surface area contributed by atoms with Gasteiger partial charge in [0, 0.05) is 12.6 Å². The van der Waals surface area contributed by atoms with E-state index >= 15 is 0 Å². The van der Waals surface area contributed by atoms with Crippen molar-refractivity contribution in [3.63, 3.8) is 0 Å². The third-order valence-corrected chi connectivity index (χ3v) is 4.36. The second kappa shape index (κ2) is 8.53. The number of nitrogens with zero attached hydrogens (tertiary/aromatic N) is 1. The molecule has 0 aliphatic rings. The lowest BCUT2D eigenvalue weighted by molar-refractivity contribution is -0.129. The van der Waals surface area contributed by atoms with Gasteiger partial charge in [-0.1, -0.05) is 6.07 Å². The summed E-state index contributed by atoms with van der Waals surface area (Å²) in [5.74, 6) is -0.176. The summed E-state index contributed by atoms with van der Waals surface area (Å²) in [4.78, 5) is 37.5. The van der Waals surface area contributed by atoms with Gasteiger partial charge in [0.2, 0.25) is 5.91 Å². The molecule has 1 aromatic carbocycles. The SMILES string of the molecule is COC(=O)c1cc(CN(C)C(=O)CNC(=O)c2ccc(C)c(C)c2)oc1C. The van der Waals surface area contributed by atoms with Gasteiger partial charge in [0.15, 0.2) is 0 Å². The molecule has 7 nitrogen and oxygen atoms in total. The number of rotatable bonds is 6. The van der Waals surface area contributed by atoms with Gasteiger partial charge in [-0.2, -0.15) is 0 Å². The first-order valence-corrected chi connectivity index (χ1v) is 8.50. The number of hydrogen-bond acceptors (Lipinski definition) is 5. The van der Waals surface area contributed by atoms with E-state index < -0.39 is 5.97 Å². The Morgan fingerprint density at radius 2 is 1.81 bits per heavy atom. The minimum atomic E-state index is -0.489. The van der Waals surface area contributed by atoms with Crippen molar-refractivity contribution >= 4 is 17.8 Å². The zero-order valence-electron chi connectivity index (χ0n) is 16.2. The smallest absolute Gasteiger partial charge is 0.341 e. The van der Waals surface area contributed by atoms with Gasteiger partial charge in [0.05, 0.1) is 20.2 Å². The molecule has 0 atom stereocenters. The number of nitrogens with one attached hydrogen (secondary N) is 1. The van der Waals surface area contributed by atoms with Gasteiger partial charge in [-0.15, -0.1) is 0 Å². The largest absolute Gasteiger partial charge is 0.465 e. The molecule has 0 radical (unpaired) electrons. The molecule has 0 fully saturated rings. The highest BCUT2D eigenvalue weighted by Gasteiger charge is 2.18. The van der Waals surface area contributed by atoms with Crippen LogP contribution in [-0.2, 0) is 16.1 Å². The second-order valence-corrected chi connectivity index (χ2v) is 6.41. The van der Waals surface area contributed by atoms with E-state index in [4.69, 9.17) is 4.42 Å². The van der Waals surface area contributed by atoms with E-state index in [1.807, 2.05) is 19.9 Å². The predicted octanol–water partition coefficient (Wildman–Crippen LogP) is 2.38.